The molecule has 13 heavy (non-hydrogen) atoms. The minimum Gasteiger partial charge on any atom is -0.369 e. The van der Waals surface area contributed by atoms with E-state index in [9.17, 15) is 0 Å². The number of thioether (sulfide) groups is 2. The Balaban J connectivity index is 1.98. The quantitative estimate of drug-likeness (QED) is 0.624. The van der Waals surface area contributed by atoms with Crippen LogP contribution in [0.3, 0.4) is 0 Å². The van der Waals surface area contributed by atoms with Gasteiger partial charge in [0, 0.05) is 25.7 Å². The number of hydrogen-bond acceptors (Lipinski definition) is 3. The van der Waals surface area contributed by atoms with Gasteiger partial charge in [-0.05, 0) is 29.9 Å². The average molecular weight is 218 g/mol. The van der Waals surface area contributed by atoms with Gasteiger partial charge in [-0.25, -0.2) is 4.58 Å². The van der Waals surface area contributed by atoms with E-state index in [-0.39, 0.29) is 0 Å². The molecule has 0 aromatic carbocycles. The predicted octanol–water partition coefficient (Wildman–Crippen LogP) is 1.99. The van der Waals surface area contributed by atoms with Gasteiger partial charge in [0.15, 0.2) is 0 Å². The third-order valence-corrected chi connectivity index (χ3v) is 5.36. The van der Waals surface area contributed by atoms with Crippen molar-refractivity contribution < 1.29 is 9.31 Å². The Morgan fingerprint density at radius 3 is 2.69 bits per heavy atom. The maximum Gasteiger partial charge on any atom is 0.272 e. The highest BCUT2D eigenvalue weighted by Gasteiger charge is 2.30. The van der Waals surface area contributed by atoms with Crippen molar-refractivity contribution in [2.24, 2.45) is 0 Å². The molecule has 1 atom stereocenters. The van der Waals surface area contributed by atoms with Gasteiger partial charge in [-0.15, -0.1) is 0 Å². The lowest BCUT2D eigenvalue weighted by molar-refractivity contribution is -0.532. The third kappa shape index (κ3) is 2.42. The first-order valence-corrected chi connectivity index (χ1v) is 6.71. The van der Waals surface area contributed by atoms with Crippen LogP contribution in [0.5, 0.6) is 0 Å². The second kappa shape index (κ2) is 4.71. The lowest BCUT2D eigenvalue weighted by Crippen LogP contribution is -2.23. The van der Waals surface area contributed by atoms with Crippen molar-refractivity contribution >= 4 is 27.9 Å². The maximum atomic E-state index is 5.33. The fourth-order valence-corrected chi connectivity index (χ4v) is 4.39. The summed E-state index contributed by atoms with van der Waals surface area (Å²) in [7, 11) is 1.80. The van der Waals surface area contributed by atoms with Crippen LogP contribution in [0.2, 0.25) is 0 Å². The molecule has 2 rings (SSSR count). The molecule has 2 aliphatic rings. The molecule has 0 N–H and O–H groups in total. The summed E-state index contributed by atoms with van der Waals surface area (Å²) in [4.78, 5) is 0. The van der Waals surface area contributed by atoms with Crippen molar-refractivity contribution in [3.8, 4) is 0 Å². The number of nitrogens with zero attached hydrogens (tertiary/aromatic N) is 1. The van der Waals surface area contributed by atoms with E-state index in [0.29, 0.717) is 5.44 Å². The normalized spacial score (nSPS) is 29.8. The lowest BCUT2D eigenvalue weighted by atomic mass is 10.2. The Hall–Kier alpha value is 0.330. The van der Waals surface area contributed by atoms with Crippen molar-refractivity contribution in [1.29, 1.82) is 0 Å². The van der Waals surface area contributed by atoms with Gasteiger partial charge in [-0.2, -0.15) is 0 Å². The van der Waals surface area contributed by atoms with Gasteiger partial charge in [0.2, 0.25) is 0 Å². The SMILES string of the molecule is COC1CSC(=[N+]2CCCCC2)S1. The van der Waals surface area contributed by atoms with Crippen LogP contribution in [-0.2, 0) is 4.74 Å². The van der Waals surface area contributed by atoms with E-state index in [0.717, 1.165) is 5.75 Å². The maximum absolute atomic E-state index is 5.33. The summed E-state index contributed by atoms with van der Waals surface area (Å²) < 4.78 is 9.34. The zero-order chi connectivity index (χ0) is 9.10. The van der Waals surface area contributed by atoms with Crippen LogP contribution in [0.1, 0.15) is 19.3 Å². The summed E-state index contributed by atoms with van der Waals surface area (Å²) in [5.41, 5.74) is 0.391. The van der Waals surface area contributed by atoms with Gasteiger partial charge in [-0.3, -0.25) is 0 Å². The molecule has 0 aromatic heterocycles. The van der Waals surface area contributed by atoms with Crippen LogP contribution in [0, 0.1) is 0 Å². The molecule has 0 aromatic rings. The van der Waals surface area contributed by atoms with Gasteiger partial charge in [-0.1, -0.05) is 0 Å². The van der Waals surface area contributed by atoms with Crippen molar-refractivity contribution in [2.75, 3.05) is 26.0 Å². The second-order valence-corrected chi connectivity index (χ2v) is 5.82. The van der Waals surface area contributed by atoms with Crippen molar-refractivity contribution in [3.63, 3.8) is 0 Å². The van der Waals surface area contributed by atoms with Gasteiger partial charge < -0.3 is 4.74 Å². The van der Waals surface area contributed by atoms with Crippen molar-refractivity contribution in [3.05, 3.63) is 0 Å². The molecule has 0 aliphatic carbocycles. The molecule has 0 spiro atoms. The Bertz CT molecular complexity index is 210. The summed E-state index contributed by atoms with van der Waals surface area (Å²) in [6, 6.07) is 0. The van der Waals surface area contributed by atoms with Gasteiger partial charge in [0.05, 0.1) is 0 Å². The van der Waals surface area contributed by atoms with Crippen molar-refractivity contribution in [1.82, 2.24) is 0 Å². The van der Waals surface area contributed by atoms with E-state index < -0.39 is 0 Å². The van der Waals surface area contributed by atoms with Crippen LogP contribution < -0.4 is 0 Å². The topological polar surface area (TPSA) is 12.2 Å². The zero-order valence-electron chi connectivity index (χ0n) is 7.99. The molecule has 1 unspecified atom stereocenters. The van der Waals surface area contributed by atoms with E-state index in [4.69, 9.17) is 4.74 Å². The number of ether oxygens (including phenoxy) is 1. The minimum absolute atomic E-state index is 0.391. The van der Waals surface area contributed by atoms with E-state index >= 15 is 0 Å². The van der Waals surface area contributed by atoms with E-state index in [1.54, 1.807) is 7.11 Å². The summed E-state index contributed by atoms with van der Waals surface area (Å²) in [6.07, 6.45) is 4.14. The van der Waals surface area contributed by atoms with Gasteiger partial charge in [0.25, 0.3) is 4.38 Å². The summed E-state index contributed by atoms with van der Waals surface area (Å²) in [5.74, 6) is 1.12. The molecule has 2 fully saturated rings. The monoisotopic (exact) mass is 218 g/mol. The van der Waals surface area contributed by atoms with Crippen LogP contribution >= 0.6 is 23.5 Å². The standard InChI is InChI=1S/C9H16NOS2/c1-11-8-7-12-9(13-8)10-5-3-2-4-6-10/h8H,2-7H2,1H3/q+1. The summed E-state index contributed by atoms with van der Waals surface area (Å²) in [6.45, 7) is 2.51. The minimum atomic E-state index is 0.391. The Morgan fingerprint density at radius 2 is 2.08 bits per heavy atom. The van der Waals surface area contributed by atoms with Gasteiger partial charge in [0.1, 0.15) is 18.5 Å². The molecule has 4 heteroatoms. The Kier molecular flexibility index (Phi) is 3.58. The smallest absolute Gasteiger partial charge is 0.272 e. The van der Waals surface area contributed by atoms with Crippen LogP contribution in [0.15, 0.2) is 0 Å². The Morgan fingerprint density at radius 1 is 1.31 bits per heavy atom. The molecule has 2 aliphatic heterocycles. The van der Waals surface area contributed by atoms with E-state index in [1.807, 2.05) is 23.5 Å². The number of methoxy groups -OCH3 is 1. The molecule has 0 amide bonds. The largest absolute Gasteiger partial charge is 0.369 e. The fourth-order valence-electron chi connectivity index (χ4n) is 1.68. The fraction of sp³-hybridized carbons (Fsp3) is 0.889. The molecular weight excluding hydrogens is 202 g/mol. The highest BCUT2D eigenvalue weighted by molar-refractivity contribution is 8.41. The molecule has 0 radical (unpaired) electrons. The number of hydrogen-bond donors (Lipinski definition) is 0. The van der Waals surface area contributed by atoms with E-state index in [2.05, 4.69) is 4.58 Å². The average Bonchev–Trinajstić information content (AvgIpc) is 2.67. The highest BCUT2D eigenvalue weighted by atomic mass is 32.2. The van der Waals surface area contributed by atoms with Gasteiger partial charge >= 0.3 is 0 Å². The third-order valence-electron chi connectivity index (χ3n) is 2.45. The highest BCUT2D eigenvalue weighted by Crippen LogP contribution is 2.33. The first kappa shape index (κ1) is 9.87. The lowest BCUT2D eigenvalue weighted by Gasteiger charge is -2.10. The Labute approximate surface area is 88.1 Å². The first-order chi connectivity index (χ1) is 6.40. The first-order valence-electron chi connectivity index (χ1n) is 4.84. The molecular formula is C9H16NOS2+. The summed E-state index contributed by atoms with van der Waals surface area (Å²) in [5, 5.41) is 0. The molecule has 0 bridgehead atoms. The van der Waals surface area contributed by atoms with Crippen LogP contribution in [-0.4, -0.2) is 40.3 Å². The van der Waals surface area contributed by atoms with Crippen LogP contribution in [0.25, 0.3) is 0 Å². The number of rotatable bonds is 1. The van der Waals surface area contributed by atoms with Crippen LogP contribution in [0.4, 0.5) is 0 Å². The van der Waals surface area contributed by atoms with Crippen molar-refractivity contribution in [2.45, 2.75) is 24.7 Å². The molecule has 74 valence electrons. The number of piperidine rings is 1. The molecule has 2 nitrogen and oxygen atoms in total. The molecule has 2 heterocycles. The second-order valence-electron chi connectivity index (χ2n) is 3.41. The predicted molar refractivity (Wildman–Crippen MR) is 59.7 cm³/mol. The summed E-state index contributed by atoms with van der Waals surface area (Å²) >= 11 is 3.86. The molecule has 0 saturated carbocycles. The molecule has 2 saturated heterocycles. The zero-order valence-corrected chi connectivity index (χ0v) is 9.62. The van der Waals surface area contributed by atoms with E-state index in [1.165, 1.54) is 36.7 Å².